The van der Waals surface area contributed by atoms with Crippen molar-refractivity contribution in [3.8, 4) is 55.6 Å². The van der Waals surface area contributed by atoms with Gasteiger partial charge < -0.3 is 5.32 Å². The molecule has 280 valence electrons. The van der Waals surface area contributed by atoms with Crippen molar-refractivity contribution in [1.82, 2.24) is 5.32 Å². The lowest BCUT2D eigenvalue weighted by Crippen LogP contribution is -2.44. The maximum atomic E-state index is 4.87. The number of dihydropyridines is 1. The van der Waals surface area contributed by atoms with Crippen LogP contribution in [-0.4, -0.2) is 6.21 Å². The zero-order chi connectivity index (χ0) is 39.1. The van der Waals surface area contributed by atoms with Crippen LogP contribution >= 0.6 is 0 Å². The molecule has 0 spiro atoms. The van der Waals surface area contributed by atoms with Crippen LogP contribution in [0.15, 0.2) is 199 Å². The van der Waals surface area contributed by atoms with Crippen molar-refractivity contribution in [2.24, 2.45) is 10.9 Å². The second-order valence-corrected chi connectivity index (χ2v) is 16.2. The normalized spacial score (nSPS) is 18.7. The molecule has 2 unspecified atom stereocenters. The van der Waals surface area contributed by atoms with Crippen molar-refractivity contribution < 1.29 is 0 Å². The van der Waals surface area contributed by atoms with Crippen molar-refractivity contribution in [3.63, 3.8) is 0 Å². The first-order valence-electron chi connectivity index (χ1n) is 20.6. The minimum Gasteiger partial charge on any atom is -0.382 e. The summed E-state index contributed by atoms with van der Waals surface area (Å²) in [7, 11) is 0. The number of nitrogens with zero attached hydrogens (tertiary/aromatic N) is 1. The Morgan fingerprint density at radius 2 is 1.07 bits per heavy atom. The summed E-state index contributed by atoms with van der Waals surface area (Å²) in [6, 6.07) is 63.2. The summed E-state index contributed by atoms with van der Waals surface area (Å²) in [5.74, 6) is 0.454. The Hall–Kier alpha value is -6.77. The average Bonchev–Trinajstić information content (AvgIpc) is 3.30. The molecule has 2 aliphatic rings. The Morgan fingerprint density at radius 1 is 0.483 bits per heavy atom. The van der Waals surface area contributed by atoms with Gasteiger partial charge in [-0.25, -0.2) is 0 Å². The van der Waals surface area contributed by atoms with Crippen LogP contribution in [0, 0.1) is 5.92 Å². The Balaban J connectivity index is 1.24. The summed E-state index contributed by atoms with van der Waals surface area (Å²) in [5, 5.41) is 8.73. The minimum absolute atomic E-state index is 0.115. The summed E-state index contributed by atoms with van der Waals surface area (Å²) in [6.07, 6.45) is 12.5. The van der Waals surface area contributed by atoms with E-state index < -0.39 is 0 Å². The van der Waals surface area contributed by atoms with E-state index in [0.29, 0.717) is 5.92 Å². The molecule has 58 heavy (non-hydrogen) atoms. The van der Waals surface area contributed by atoms with Gasteiger partial charge in [0, 0.05) is 6.21 Å². The smallest absolute Gasteiger partial charge is 0.0783 e. The van der Waals surface area contributed by atoms with Crippen LogP contribution in [0.5, 0.6) is 0 Å². The molecule has 0 bridgehead atoms. The standard InChI is InChI=1S/C56H46N2/c1-38-16-15-31-58-56(38,2)48-24-14-23-44(36-48)54-49-25-9-10-26-50(49)55(43-22-13-21-42(32-43)53-27-11-12-30-57-53)52-37-41(28-29-51(52)54)47-34-45(39-17-5-3-6-18-39)33-46(35-47)40-19-7-4-8-20-40/h3-15,17-26,28-38,53,58H,16,27H2,1-2H3/t38?,53-,56?/m0/s1. The first-order valence-corrected chi connectivity index (χ1v) is 20.6. The fourth-order valence-electron chi connectivity index (χ4n) is 9.22. The molecule has 0 saturated heterocycles. The highest BCUT2D eigenvalue weighted by atomic mass is 15.0. The average molecular weight is 747 g/mol. The molecule has 8 aromatic carbocycles. The zero-order valence-electron chi connectivity index (χ0n) is 33.1. The number of hydrogen-bond acceptors (Lipinski definition) is 2. The van der Waals surface area contributed by atoms with Crippen LogP contribution in [0.4, 0.5) is 0 Å². The van der Waals surface area contributed by atoms with Gasteiger partial charge in [0.1, 0.15) is 0 Å². The van der Waals surface area contributed by atoms with Gasteiger partial charge in [0.15, 0.2) is 0 Å². The summed E-state index contributed by atoms with van der Waals surface area (Å²) in [5.41, 5.74) is 14.6. The highest BCUT2D eigenvalue weighted by Gasteiger charge is 2.33. The van der Waals surface area contributed by atoms with E-state index in [0.717, 1.165) is 12.8 Å². The first-order chi connectivity index (χ1) is 28.5. The topological polar surface area (TPSA) is 24.4 Å². The summed E-state index contributed by atoms with van der Waals surface area (Å²) < 4.78 is 0. The van der Waals surface area contributed by atoms with E-state index in [1.807, 2.05) is 6.21 Å². The quantitative estimate of drug-likeness (QED) is 0.161. The van der Waals surface area contributed by atoms with Gasteiger partial charge in [-0.15, -0.1) is 0 Å². The second kappa shape index (κ2) is 15.0. The fraction of sp³-hybridized carbons (Fsp3) is 0.125. The van der Waals surface area contributed by atoms with Crippen LogP contribution in [-0.2, 0) is 5.54 Å². The molecule has 1 N–H and O–H groups in total. The molecular weight excluding hydrogens is 701 g/mol. The number of nitrogens with one attached hydrogen (secondary N) is 1. The summed E-state index contributed by atoms with van der Waals surface area (Å²) >= 11 is 0. The molecule has 0 amide bonds. The second-order valence-electron chi connectivity index (χ2n) is 16.2. The Kier molecular flexibility index (Phi) is 9.19. The van der Waals surface area contributed by atoms with E-state index in [-0.39, 0.29) is 11.6 Å². The lowest BCUT2D eigenvalue weighted by Gasteiger charge is -2.39. The third-order valence-corrected chi connectivity index (χ3v) is 12.6. The van der Waals surface area contributed by atoms with Crippen LogP contribution in [0.2, 0.25) is 0 Å². The lowest BCUT2D eigenvalue weighted by atomic mass is 9.76. The van der Waals surface area contributed by atoms with E-state index in [1.165, 1.54) is 88.3 Å². The van der Waals surface area contributed by atoms with Crippen LogP contribution in [0.1, 0.15) is 43.9 Å². The molecule has 0 aliphatic carbocycles. The van der Waals surface area contributed by atoms with Crippen LogP contribution in [0.3, 0.4) is 0 Å². The number of rotatable bonds is 7. The van der Waals surface area contributed by atoms with Crippen LogP contribution in [0.25, 0.3) is 77.2 Å². The van der Waals surface area contributed by atoms with E-state index in [9.17, 15) is 0 Å². The molecule has 3 atom stereocenters. The monoisotopic (exact) mass is 746 g/mol. The zero-order valence-corrected chi connectivity index (χ0v) is 33.1. The number of benzene rings is 8. The lowest BCUT2D eigenvalue weighted by molar-refractivity contribution is 0.266. The molecule has 2 aliphatic heterocycles. The molecule has 8 aromatic rings. The number of fused-ring (bicyclic) bond motifs is 2. The largest absolute Gasteiger partial charge is 0.382 e. The first kappa shape index (κ1) is 35.6. The molecule has 2 heterocycles. The minimum atomic E-state index is -0.166. The highest BCUT2D eigenvalue weighted by Crippen LogP contribution is 2.47. The predicted molar refractivity (Wildman–Crippen MR) is 247 cm³/mol. The molecule has 2 heteroatoms. The Morgan fingerprint density at radius 3 is 1.72 bits per heavy atom. The SMILES string of the molecule is CC1CC=CNC1(C)c1cccc(-c2c3ccccc3c(-c3cccc([C@@H]4CC=CC=N4)c3)c3cc(-c4cc(-c5ccccc5)cc(-c5ccccc5)c4)ccc23)c1. The van der Waals surface area contributed by atoms with Crippen molar-refractivity contribution >= 4 is 27.8 Å². The predicted octanol–water partition coefficient (Wildman–Crippen LogP) is 14.8. The van der Waals surface area contributed by atoms with E-state index in [2.05, 4.69) is 213 Å². The number of allylic oxidation sites excluding steroid dienone is 2. The van der Waals surface area contributed by atoms with E-state index in [1.54, 1.807) is 0 Å². The maximum Gasteiger partial charge on any atom is 0.0783 e. The Labute approximate surface area is 342 Å². The third kappa shape index (κ3) is 6.45. The van der Waals surface area contributed by atoms with Crippen molar-refractivity contribution in [1.29, 1.82) is 0 Å². The van der Waals surface area contributed by atoms with E-state index >= 15 is 0 Å². The molecule has 0 fully saturated rings. The van der Waals surface area contributed by atoms with Gasteiger partial charge in [-0.3, -0.25) is 4.99 Å². The number of aliphatic imine (C=N–C) groups is 1. The fourth-order valence-corrected chi connectivity index (χ4v) is 9.22. The van der Waals surface area contributed by atoms with Crippen molar-refractivity contribution in [2.45, 2.75) is 38.3 Å². The summed E-state index contributed by atoms with van der Waals surface area (Å²) in [4.78, 5) is 4.87. The van der Waals surface area contributed by atoms with Crippen molar-refractivity contribution in [3.05, 3.63) is 205 Å². The molecule has 0 saturated carbocycles. The summed E-state index contributed by atoms with van der Waals surface area (Å²) in [6.45, 7) is 4.70. The van der Waals surface area contributed by atoms with Gasteiger partial charge in [0.05, 0.1) is 11.6 Å². The number of hydrogen-bond donors (Lipinski definition) is 1. The van der Waals surface area contributed by atoms with Gasteiger partial charge in [-0.2, -0.15) is 0 Å². The third-order valence-electron chi connectivity index (χ3n) is 12.6. The molecule has 2 nitrogen and oxygen atoms in total. The van der Waals surface area contributed by atoms with Gasteiger partial charge in [-0.1, -0.05) is 153 Å². The molecule has 10 rings (SSSR count). The van der Waals surface area contributed by atoms with Gasteiger partial charge in [-0.05, 0) is 163 Å². The molecule has 0 aromatic heterocycles. The van der Waals surface area contributed by atoms with Crippen LogP contribution < -0.4 is 5.32 Å². The highest BCUT2D eigenvalue weighted by molar-refractivity contribution is 6.22. The van der Waals surface area contributed by atoms with Gasteiger partial charge in [0.25, 0.3) is 0 Å². The van der Waals surface area contributed by atoms with E-state index in [4.69, 9.17) is 4.99 Å². The molecule has 0 radical (unpaired) electrons. The van der Waals surface area contributed by atoms with Gasteiger partial charge in [0.2, 0.25) is 0 Å². The van der Waals surface area contributed by atoms with Crippen molar-refractivity contribution in [2.75, 3.05) is 0 Å². The molecular formula is C56H46N2. The van der Waals surface area contributed by atoms with Gasteiger partial charge >= 0.3 is 0 Å². The maximum absolute atomic E-state index is 4.87. The Bertz CT molecular complexity index is 2840.